The van der Waals surface area contributed by atoms with Gasteiger partial charge in [0.2, 0.25) is 5.13 Å². The van der Waals surface area contributed by atoms with Gasteiger partial charge in [0.15, 0.2) is 5.69 Å². The first-order valence-corrected chi connectivity index (χ1v) is 9.22. The summed E-state index contributed by atoms with van der Waals surface area (Å²) in [5.74, 6) is -0.480. The maximum absolute atomic E-state index is 13.5. The first-order chi connectivity index (χ1) is 13.3. The van der Waals surface area contributed by atoms with Crippen molar-refractivity contribution in [2.24, 2.45) is 0 Å². The van der Waals surface area contributed by atoms with Crippen LogP contribution in [-0.2, 0) is 6.18 Å². The molecule has 28 heavy (non-hydrogen) atoms. The fourth-order valence-electron chi connectivity index (χ4n) is 2.61. The molecule has 0 aliphatic heterocycles. The second-order valence-electron chi connectivity index (χ2n) is 5.85. The summed E-state index contributed by atoms with van der Waals surface area (Å²) in [6.45, 7) is 0. The van der Waals surface area contributed by atoms with Crippen molar-refractivity contribution >= 4 is 22.9 Å². The van der Waals surface area contributed by atoms with E-state index < -0.39 is 17.7 Å². The summed E-state index contributed by atoms with van der Waals surface area (Å²) >= 11 is 6.90. The van der Waals surface area contributed by atoms with Crippen LogP contribution in [-0.4, -0.2) is 14.8 Å². The van der Waals surface area contributed by atoms with Crippen LogP contribution in [0.1, 0.15) is 5.69 Å². The van der Waals surface area contributed by atoms with E-state index in [4.69, 9.17) is 11.6 Å². The smallest absolute Gasteiger partial charge is 0.218 e. The molecular weight excluding hydrogens is 414 g/mol. The van der Waals surface area contributed by atoms with Crippen molar-refractivity contribution in [1.29, 1.82) is 0 Å². The number of nitrogens with zero attached hydrogens (tertiary/aromatic N) is 3. The van der Waals surface area contributed by atoms with Crippen LogP contribution >= 0.6 is 22.9 Å². The van der Waals surface area contributed by atoms with Crippen LogP contribution in [0.25, 0.3) is 27.6 Å². The maximum Gasteiger partial charge on any atom is 0.433 e. The average molecular weight is 424 g/mol. The van der Waals surface area contributed by atoms with Crippen molar-refractivity contribution in [2.75, 3.05) is 0 Å². The van der Waals surface area contributed by atoms with E-state index in [0.29, 0.717) is 16.3 Å². The predicted octanol–water partition coefficient (Wildman–Crippen LogP) is 6.47. The van der Waals surface area contributed by atoms with Gasteiger partial charge >= 0.3 is 6.18 Å². The largest absolute Gasteiger partial charge is 0.433 e. The molecule has 0 bridgehead atoms. The Hall–Kier alpha value is -2.71. The summed E-state index contributed by atoms with van der Waals surface area (Å²) in [7, 11) is 0. The van der Waals surface area contributed by atoms with Crippen molar-refractivity contribution in [3.8, 4) is 27.6 Å². The number of halogens is 5. The van der Waals surface area contributed by atoms with Crippen molar-refractivity contribution in [3.05, 3.63) is 76.5 Å². The second-order valence-corrected chi connectivity index (χ2v) is 7.13. The van der Waals surface area contributed by atoms with E-state index in [-0.39, 0.29) is 10.8 Å². The molecule has 0 saturated carbocycles. The van der Waals surface area contributed by atoms with E-state index in [2.05, 4.69) is 10.1 Å². The Kier molecular flexibility index (Phi) is 4.68. The highest BCUT2D eigenvalue weighted by Gasteiger charge is 2.37. The van der Waals surface area contributed by atoms with Crippen LogP contribution in [0.15, 0.2) is 60.0 Å². The summed E-state index contributed by atoms with van der Waals surface area (Å²) < 4.78 is 54.5. The molecule has 4 rings (SSSR count). The lowest BCUT2D eigenvalue weighted by Gasteiger charge is -2.07. The molecule has 2 heterocycles. The van der Waals surface area contributed by atoms with E-state index in [1.165, 1.54) is 24.3 Å². The third-order valence-corrected chi connectivity index (χ3v) is 5.02. The van der Waals surface area contributed by atoms with Crippen LogP contribution in [0.5, 0.6) is 0 Å². The van der Waals surface area contributed by atoms with Crippen molar-refractivity contribution in [3.63, 3.8) is 0 Å². The van der Waals surface area contributed by atoms with Gasteiger partial charge in [-0.15, -0.1) is 11.3 Å². The number of benzene rings is 2. The number of aromatic nitrogens is 3. The molecule has 2 aromatic heterocycles. The lowest BCUT2D eigenvalue weighted by Crippen LogP contribution is -2.13. The fraction of sp³-hybridized carbons (Fsp3) is 0.0526. The molecule has 0 atom stereocenters. The molecule has 0 fully saturated rings. The highest BCUT2D eigenvalue weighted by molar-refractivity contribution is 7.12. The van der Waals surface area contributed by atoms with Crippen molar-refractivity contribution in [2.45, 2.75) is 6.18 Å². The van der Waals surface area contributed by atoms with Gasteiger partial charge in [-0.1, -0.05) is 23.7 Å². The van der Waals surface area contributed by atoms with Crippen molar-refractivity contribution < 1.29 is 17.6 Å². The standard InChI is InChI=1S/C19H10ClF4N3S/c20-13-5-1-12(2-6-13)16-10-28-18(25-16)27-17(19(22,23)24)9-15(26-27)11-3-7-14(21)8-4-11/h1-10H. The topological polar surface area (TPSA) is 30.7 Å². The van der Waals surface area contributed by atoms with Gasteiger partial charge in [0, 0.05) is 21.5 Å². The van der Waals surface area contributed by atoms with Gasteiger partial charge in [0.05, 0.1) is 11.4 Å². The number of rotatable bonds is 3. The highest BCUT2D eigenvalue weighted by Crippen LogP contribution is 2.35. The summed E-state index contributed by atoms with van der Waals surface area (Å²) in [5.41, 5.74) is 0.745. The molecule has 142 valence electrons. The minimum Gasteiger partial charge on any atom is -0.218 e. The maximum atomic E-state index is 13.5. The molecule has 4 aromatic rings. The monoisotopic (exact) mass is 423 g/mol. The molecule has 0 saturated heterocycles. The molecule has 0 N–H and O–H groups in total. The Balaban J connectivity index is 1.78. The van der Waals surface area contributed by atoms with Crippen LogP contribution in [0, 0.1) is 5.82 Å². The van der Waals surface area contributed by atoms with Gasteiger partial charge in [0.25, 0.3) is 0 Å². The number of hydrogen-bond acceptors (Lipinski definition) is 3. The third kappa shape index (κ3) is 3.65. The van der Waals surface area contributed by atoms with Gasteiger partial charge in [-0.05, 0) is 42.5 Å². The molecule has 3 nitrogen and oxygen atoms in total. The number of hydrogen-bond donors (Lipinski definition) is 0. The Morgan fingerprint density at radius 3 is 2.14 bits per heavy atom. The molecule has 0 spiro atoms. The van der Waals surface area contributed by atoms with Crippen LogP contribution < -0.4 is 0 Å². The second kappa shape index (κ2) is 7.03. The first kappa shape index (κ1) is 18.6. The van der Waals surface area contributed by atoms with Gasteiger partial charge in [0.1, 0.15) is 5.82 Å². The molecule has 2 aromatic carbocycles. The zero-order chi connectivity index (χ0) is 19.9. The normalized spacial score (nSPS) is 11.8. The summed E-state index contributed by atoms with van der Waals surface area (Å²) in [5, 5.41) is 6.34. The first-order valence-electron chi connectivity index (χ1n) is 7.96. The van der Waals surface area contributed by atoms with Crippen molar-refractivity contribution in [1.82, 2.24) is 14.8 Å². The predicted molar refractivity (Wildman–Crippen MR) is 100 cm³/mol. The number of alkyl halides is 3. The summed E-state index contributed by atoms with van der Waals surface area (Å²) in [6, 6.07) is 12.9. The SMILES string of the molecule is Fc1ccc(-c2cc(C(F)(F)F)n(-c3nc(-c4ccc(Cl)cc4)cs3)n2)cc1. The fourth-order valence-corrected chi connectivity index (χ4v) is 3.53. The highest BCUT2D eigenvalue weighted by atomic mass is 35.5. The van der Waals surface area contributed by atoms with Crippen LogP contribution in [0.2, 0.25) is 5.02 Å². The Morgan fingerprint density at radius 2 is 1.50 bits per heavy atom. The molecule has 0 unspecified atom stereocenters. The van der Waals surface area contributed by atoms with E-state index >= 15 is 0 Å². The van der Waals surface area contributed by atoms with E-state index in [1.54, 1.807) is 29.6 Å². The minimum atomic E-state index is -4.63. The van der Waals surface area contributed by atoms with E-state index in [0.717, 1.165) is 27.6 Å². The lowest BCUT2D eigenvalue weighted by atomic mass is 10.1. The summed E-state index contributed by atoms with van der Waals surface area (Å²) in [6.07, 6.45) is -4.63. The number of thiazole rings is 1. The Labute approximate surface area is 165 Å². The molecule has 9 heteroatoms. The third-order valence-electron chi connectivity index (χ3n) is 3.95. The van der Waals surface area contributed by atoms with E-state index in [1.807, 2.05) is 0 Å². The Morgan fingerprint density at radius 1 is 0.893 bits per heavy atom. The van der Waals surface area contributed by atoms with Gasteiger partial charge < -0.3 is 0 Å². The van der Waals surface area contributed by atoms with Gasteiger partial charge in [-0.25, -0.2) is 14.1 Å². The molecule has 0 aliphatic rings. The molecular formula is C19H10ClF4N3S. The van der Waals surface area contributed by atoms with Crippen LogP contribution in [0.3, 0.4) is 0 Å². The molecule has 0 amide bonds. The Bertz CT molecular complexity index is 1120. The molecule has 0 aliphatic carbocycles. The quantitative estimate of drug-likeness (QED) is 0.353. The average Bonchev–Trinajstić information content (AvgIpc) is 3.30. The van der Waals surface area contributed by atoms with Gasteiger partial charge in [-0.2, -0.15) is 18.3 Å². The van der Waals surface area contributed by atoms with E-state index in [9.17, 15) is 17.6 Å². The van der Waals surface area contributed by atoms with Gasteiger partial charge in [-0.3, -0.25) is 0 Å². The molecule has 0 radical (unpaired) electrons. The minimum absolute atomic E-state index is 0.0747. The van der Waals surface area contributed by atoms with Crippen LogP contribution in [0.4, 0.5) is 17.6 Å². The summed E-state index contributed by atoms with van der Waals surface area (Å²) in [4.78, 5) is 4.29. The zero-order valence-corrected chi connectivity index (χ0v) is 15.5. The lowest BCUT2D eigenvalue weighted by molar-refractivity contribution is -0.142. The zero-order valence-electron chi connectivity index (χ0n) is 13.9.